The molecular formula is C38H33ClF4N6O. The molecule has 0 spiro atoms. The van der Waals surface area contributed by atoms with E-state index in [1.165, 1.54) is 6.07 Å². The van der Waals surface area contributed by atoms with Gasteiger partial charge < -0.3 is 20.7 Å². The van der Waals surface area contributed by atoms with Gasteiger partial charge in [-0.2, -0.15) is 18.7 Å². The average molecular weight is 701 g/mol. The van der Waals surface area contributed by atoms with Crippen molar-refractivity contribution < 1.29 is 22.3 Å². The Morgan fingerprint density at radius 2 is 2.02 bits per heavy atom. The van der Waals surface area contributed by atoms with E-state index in [1.807, 2.05) is 4.90 Å². The molecule has 5 aliphatic heterocycles. The molecule has 6 heterocycles. The Balaban J connectivity index is 1.28. The molecule has 7 nitrogen and oxygen atoms in total. The third kappa shape index (κ3) is 4.58. The normalized spacial score (nSPS) is 25.6. The van der Waals surface area contributed by atoms with E-state index in [2.05, 4.69) is 27.7 Å². The summed E-state index contributed by atoms with van der Waals surface area (Å²) < 4.78 is 66.4. The summed E-state index contributed by atoms with van der Waals surface area (Å²) in [5.74, 6) is 1.52. The highest BCUT2D eigenvalue weighted by atomic mass is 35.5. The van der Waals surface area contributed by atoms with Crippen LogP contribution in [-0.4, -0.2) is 64.8 Å². The number of benzene rings is 3. The smallest absolute Gasteiger partial charge is 0.319 e. The van der Waals surface area contributed by atoms with Crippen molar-refractivity contribution >= 4 is 50.4 Å². The predicted molar refractivity (Wildman–Crippen MR) is 187 cm³/mol. The molecule has 1 unspecified atom stereocenters. The Kier molecular flexibility index (Phi) is 7.15. The second kappa shape index (κ2) is 11.3. The molecular weight excluding hydrogens is 668 g/mol. The van der Waals surface area contributed by atoms with Crippen LogP contribution in [0.4, 0.5) is 29.1 Å². The molecule has 9 rings (SSSR count). The van der Waals surface area contributed by atoms with Gasteiger partial charge in [0, 0.05) is 59.0 Å². The first-order valence-electron chi connectivity index (χ1n) is 16.9. The van der Waals surface area contributed by atoms with Gasteiger partial charge in [0.15, 0.2) is 5.82 Å². The highest BCUT2D eigenvalue weighted by Gasteiger charge is 2.49. The largest absolute Gasteiger partial charge is 0.461 e. The molecule has 12 heteroatoms. The summed E-state index contributed by atoms with van der Waals surface area (Å²) in [5, 5.41) is 5.03. The molecule has 0 aliphatic carbocycles. The van der Waals surface area contributed by atoms with Crippen LogP contribution in [0.15, 0.2) is 42.5 Å². The summed E-state index contributed by atoms with van der Waals surface area (Å²) in [6.07, 6.45) is 8.37. The van der Waals surface area contributed by atoms with Crippen LogP contribution in [0.1, 0.15) is 49.7 Å². The molecule has 5 aliphatic rings. The Hall–Kier alpha value is -4.37. The fraction of sp³-hybridized carbons (Fsp3) is 0.368. The van der Waals surface area contributed by atoms with Crippen molar-refractivity contribution in [3.05, 3.63) is 70.3 Å². The van der Waals surface area contributed by atoms with E-state index in [-0.39, 0.29) is 76.5 Å². The molecule has 256 valence electrons. The van der Waals surface area contributed by atoms with Gasteiger partial charge >= 0.3 is 6.01 Å². The number of hydrogen-bond acceptors (Lipinski definition) is 7. The standard InChI is InChI=1S/C38H33ClF4N6O/c1-3-23-25(40)7-5-19-12-21(44)13-24(29(19)23)30-32(39)28-18(2)11-27-26-8-6-22(45-26)16-49(27)36-31(28)34(33(30)41)46-37(47-36)50-17-38-9-4-10-48(38)15-20(14-38)35(42)43/h1,5,7,12-13,22,26-27,45H,2,4,6,8-11,14-17,44H2/t22-,26?,27-,38+/m1/s1. The Bertz CT molecular complexity index is 2250. The van der Waals surface area contributed by atoms with Crippen molar-refractivity contribution in [3.8, 4) is 29.5 Å². The van der Waals surface area contributed by atoms with E-state index >= 15 is 8.78 Å². The lowest BCUT2D eigenvalue weighted by Crippen LogP contribution is -2.58. The van der Waals surface area contributed by atoms with Crippen LogP contribution < -0.4 is 20.7 Å². The van der Waals surface area contributed by atoms with Crippen LogP contribution in [0.25, 0.3) is 38.4 Å². The van der Waals surface area contributed by atoms with Crippen molar-refractivity contribution in [2.75, 3.05) is 36.9 Å². The van der Waals surface area contributed by atoms with Crippen molar-refractivity contribution in [2.24, 2.45) is 0 Å². The van der Waals surface area contributed by atoms with Crippen LogP contribution in [0, 0.1) is 24.0 Å². The van der Waals surface area contributed by atoms with Crippen molar-refractivity contribution in [1.82, 2.24) is 20.2 Å². The maximum Gasteiger partial charge on any atom is 0.319 e. The number of nitrogens with zero attached hydrogens (tertiary/aromatic N) is 4. The summed E-state index contributed by atoms with van der Waals surface area (Å²) in [4.78, 5) is 13.9. The van der Waals surface area contributed by atoms with Crippen LogP contribution in [0.2, 0.25) is 5.02 Å². The molecule has 2 bridgehead atoms. The van der Waals surface area contributed by atoms with Crippen molar-refractivity contribution in [3.63, 3.8) is 0 Å². The number of piperazine rings is 1. The van der Waals surface area contributed by atoms with Crippen LogP contribution in [0.3, 0.4) is 0 Å². The fourth-order valence-corrected chi connectivity index (χ4v) is 9.73. The molecule has 3 aromatic carbocycles. The minimum Gasteiger partial charge on any atom is -0.461 e. The summed E-state index contributed by atoms with van der Waals surface area (Å²) in [7, 11) is 0. The Labute approximate surface area is 291 Å². The third-order valence-corrected chi connectivity index (χ3v) is 11.9. The zero-order valence-electron chi connectivity index (χ0n) is 27.1. The predicted octanol–water partition coefficient (Wildman–Crippen LogP) is 7.44. The number of rotatable bonds is 4. The number of nitrogens with two attached hydrogens (primary N) is 1. The monoisotopic (exact) mass is 700 g/mol. The minimum atomic E-state index is -1.65. The highest BCUT2D eigenvalue weighted by Crippen LogP contribution is 2.51. The van der Waals surface area contributed by atoms with Gasteiger partial charge in [0.05, 0.1) is 21.5 Å². The van der Waals surface area contributed by atoms with E-state index < -0.39 is 23.3 Å². The average Bonchev–Trinajstić information content (AvgIpc) is 3.75. The third-order valence-electron chi connectivity index (χ3n) is 11.5. The van der Waals surface area contributed by atoms with Gasteiger partial charge in [-0.15, -0.1) is 6.42 Å². The van der Waals surface area contributed by atoms with Gasteiger partial charge in [-0.3, -0.25) is 4.90 Å². The number of ether oxygens (including phenoxy) is 1. The maximum absolute atomic E-state index is 17.5. The SMILES string of the molecule is C#Cc1c(F)ccc2cc(N)cc(-c3c(Cl)c4c5c(nc(OC[C@@]67CCCN6CC(=C(F)F)C7)nc5c3F)N3C[C@H]5CCC(N5)[C@H]3CC4=C)c12. The van der Waals surface area contributed by atoms with Gasteiger partial charge in [0.25, 0.3) is 6.08 Å². The topological polar surface area (TPSA) is 79.5 Å². The van der Waals surface area contributed by atoms with E-state index in [0.717, 1.165) is 19.3 Å². The lowest BCUT2D eigenvalue weighted by atomic mass is 9.89. The number of terminal acetylenes is 1. The minimum absolute atomic E-state index is 0.0330. The summed E-state index contributed by atoms with van der Waals surface area (Å²) >= 11 is 7.27. The number of halogens is 5. The lowest BCUT2D eigenvalue weighted by Gasteiger charge is -2.41. The molecule has 0 radical (unpaired) electrons. The summed E-state index contributed by atoms with van der Waals surface area (Å²) in [6.45, 7) is 6.03. The Morgan fingerprint density at radius 3 is 2.82 bits per heavy atom. The molecule has 0 amide bonds. The molecule has 50 heavy (non-hydrogen) atoms. The van der Waals surface area contributed by atoms with Crippen LogP contribution >= 0.6 is 11.6 Å². The first-order chi connectivity index (χ1) is 24.1. The van der Waals surface area contributed by atoms with E-state index in [1.54, 1.807) is 18.2 Å². The second-order valence-electron chi connectivity index (χ2n) is 14.3. The number of hydrogen-bond donors (Lipinski definition) is 2. The summed E-state index contributed by atoms with van der Waals surface area (Å²) in [6, 6.07) is 6.26. The zero-order chi connectivity index (χ0) is 34.6. The van der Waals surface area contributed by atoms with E-state index in [0.29, 0.717) is 64.7 Å². The number of nitrogens with one attached hydrogen (secondary N) is 1. The highest BCUT2D eigenvalue weighted by molar-refractivity contribution is 6.37. The number of aromatic nitrogens is 2. The van der Waals surface area contributed by atoms with Gasteiger partial charge in [0.2, 0.25) is 0 Å². The van der Waals surface area contributed by atoms with Crippen molar-refractivity contribution in [1.29, 1.82) is 0 Å². The molecule has 1 aromatic heterocycles. The van der Waals surface area contributed by atoms with E-state index in [4.69, 9.17) is 33.5 Å². The first-order valence-corrected chi connectivity index (χ1v) is 17.3. The number of nitrogen functional groups attached to an aromatic ring is 1. The summed E-state index contributed by atoms with van der Waals surface area (Å²) in [5.41, 5.74) is 7.44. The van der Waals surface area contributed by atoms with Gasteiger partial charge in [0.1, 0.15) is 23.8 Å². The zero-order valence-corrected chi connectivity index (χ0v) is 27.8. The lowest BCUT2D eigenvalue weighted by molar-refractivity contribution is 0.108. The van der Waals surface area contributed by atoms with Crippen LogP contribution in [-0.2, 0) is 0 Å². The van der Waals surface area contributed by atoms with Gasteiger partial charge in [-0.25, -0.2) is 8.78 Å². The molecule has 0 saturated carbocycles. The number of fused-ring (bicyclic) bond motifs is 7. The Morgan fingerprint density at radius 1 is 1.18 bits per heavy atom. The fourth-order valence-electron chi connectivity index (χ4n) is 9.31. The molecule has 4 fully saturated rings. The molecule has 4 saturated heterocycles. The first kappa shape index (κ1) is 31.6. The maximum atomic E-state index is 17.5. The van der Waals surface area contributed by atoms with E-state index in [9.17, 15) is 8.78 Å². The van der Waals surface area contributed by atoms with Crippen molar-refractivity contribution in [2.45, 2.75) is 62.2 Å². The second-order valence-corrected chi connectivity index (χ2v) is 14.7. The molecule has 4 aromatic rings. The van der Waals surface area contributed by atoms with Crippen LogP contribution in [0.5, 0.6) is 6.01 Å². The van der Waals surface area contributed by atoms with Gasteiger partial charge in [-0.1, -0.05) is 30.2 Å². The molecule has 4 atom stereocenters. The quantitative estimate of drug-likeness (QED) is 0.130. The number of anilines is 2. The van der Waals surface area contributed by atoms with Gasteiger partial charge in [-0.05, 0) is 79.8 Å². The molecule has 3 N–H and O–H groups in total.